The maximum atomic E-state index is 13.3. The van der Waals surface area contributed by atoms with Crippen LogP contribution in [-0.4, -0.2) is 30.9 Å². The van der Waals surface area contributed by atoms with E-state index >= 15 is 0 Å². The van der Waals surface area contributed by atoms with Gasteiger partial charge < -0.3 is 14.2 Å². The first kappa shape index (κ1) is 22.1. The molecule has 8 saturated carbocycles. The quantitative estimate of drug-likeness (QED) is 0.221. The molecule has 2 atom stereocenters. The second-order valence-corrected chi connectivity index (χ2v) is 13.3. The fraction of sp³-hybridized carbons (Fsp3) is 0.857. The van der Waals surface area contributed by atoms with Gasteiger partial charge in [-0.2, -0.15) is 0 Å². The number of carbonyl (C=O) groups excluding carboxylic acids is 2. The van der Waals surface area contributed by atoms with Crippen LogP contribution in [0.3, 0.4) is 0 Å². The summed E-state index contributed by atoms with van der Waals surface area (Å²) >= 11 is 0. The van der Waals surface area contributed by atoms with Crippen molar-refractivity contribution in [3.63, 3.8) is 0 Å². The van der Waals surface area contributed by atoms with Crippen LogP contribution in [0.1, 0.15) is 84.5 Å². The van der Waals surface area contributed by atoms with Crippen molar-refractivity contribution in [3.05, 3.63) is 12.2 Å². The Morgan fingerprint density at radius 2 is 1.39 bits per heavy atom. The first-order valence-electron chi connectivity index (χ1n) is 13.3. The van der Waals surface area contributed by atoms with Gasteiger partial charge in [0.1, 0.15) is 5.60 Å². The van der Waals surface area contributed by atoms with Crippen LogP contribution >= 0.6 is 0 Å². The maximum absolute atomic E-state index is 13.3. The molecule has 0 heterocycles. The summed E-state index contributed by atoms with van der Waals surface area (Å²) in [4.78, 5) is 25.7. The van der Waals surface area contributed by atoms with Crippen molar-refractivity contribution in [2.24, 2.45) is 46.3 Å². The number of hydrogen-bond acceptors (Lipinski definition) is 5. The normalized spacial score (nSPS) is 48.7. The van der Waals surface area contributed by atoms with Gasteiger partial charge in [-0.3, -0.25) is 4.79 Å². The lowest BCUT2D eigenvalue weighted by molar-refractivity contribution is -0.227. The highest BCUT2D eigenvalue weighted by atomic mass is 16.7. The average molecular weight is 457 g/mol. The third-order valence-electron chi connectivity index (χ3n) is 10.8. The average Bonchev–Trinajstić information content (AvgIpc) is 2.73. The lowest BCUT2D eigenvalue weighted by Gasteiger charge is -2.62. The van der Waals surface area contributed by atoms with E-state index in [4.69, 9.17) is 14.2 Å². The Labute approximate surface area is 198 Å². The molecule has 0 aromatic rings. The minimum atomic E-state index is -0.494. The van der Waals surface area contributed by atoms with Gasteiger partial charge in [0.05, 0.1) is 12.0 Å². The molecule has 33 heavy (non-hydrogen) atoms. The molecule has 0 N–H and O–H groups in total. The Balaban J connectivity index is 1.06. The van der Waals surface area contributed by atoms with Crippen molar-refractivity contribution in [2.75, 3.05) is 13.4 Å². The molecular weight excluding hydrogens is 416 g/mol. The summed E-state index contributed by atoms with van der Waals surface area (Å²) in [6.07, 6.45) is 12.7. The fourth-order valence-corrected chi connectivity index (χ4v) is 9.86. The van der Waals surface area contributed by atoms with E-state index in [0.717, 1.165) is 56.5 Å². The van der Waals surface area contributed by atoms with Gasteiger partial charge in [-0.25, -0.2) is 4.79 Å². The third-order valence-corrected chi connectivity index (χ3v) is 10.8. The van der Waals surface area contributed by atoms with E-state index in [9.17, 15) is 9.59 Å². The molecule has 0 radical (unpaired) electrons. The highest BCUT2D eigenvalue weighted by Crippen LogP contribution is 2.65. The molecular formula is C28H40O5. The largest absolute Gasteiger partial charge is 0.455 e. The van der Waals surface area contributed by atoms with Crippen LogP contribution in [0.15, 0.2) is 12.2 Å². The van der Waals surface area contributed by atoms with Crippen LogP contribution in [0.25, 0.3) is 0 Å². The summed E-state index contributed by atoms with van der Waals surface area (Å²) < 4.78 is 17.8. The van der Waals surface area contributed by atoms with E-state index < -0.39 is 11.0 Å². The molecule has 0 aliphatic heterocycles. The van der Waals surface area contributed by atoms with Crippen LogP contribution in [0, 0.1) is 46.3 Å². The highest BCUT2D eigenvalue weighted by Gasteiger charge is 2.65. The molecule has 0 saturated heterocycles. The Bertz CT molecular complexity index is 807. The van der Waals surface area contributed by atoms with Gasteiger partial charge in [-0.1, -0.05) is 6.58 Å². The summed E-state index contributed by atoms with van der Waals surface area (Å²) in [6, 6.07) is 0. The zero-order valence-electron chi connectivity index (χ0n) is 20.4. The first-order chi connectivity index (χ1) is 15.7. The van der Waals surface area contributed by atoms with Crippen molar-refractivity contribution in [3.8, 4) is 0 Å². The topological polar surface area (TPSA) is 61.8 Å². The number of carbonyl (C=O) groups is 2. The zero-order chi connectivity index (χ0) is 23.0. The molecule has 0 spiro atoms. The summed E-state index contributed by atoms with van der Waals surface area (Å²) in [5.74, 6) is 3.29. The molecule has 8 aliphatic rings. The zero-order valence-corrected chi connectivity index (χ0v) is 20.4. The van der Waals surface area contributed by atoms with E-state index in [1.807, 2.05) is 0 Å². The van der Waals surface area contributed by atoms with E-state index in [-0.39, 0.29) is 30.6 Å². The Hall–Kier alpha value is -1.36. The Morgan fingerprint density at radius 1 is 0.848 bits per heavy atom. The van der Waals surface area contributed by atoms with E-state index in [2.05, 4.69) is 13.5 Å². The van der Waals surface area contributed by atoms with Gasteiger partial charge in [0.15, 0.2) is 6.79 Å². The van der Waals surface area contributed by atoms with Gasteiger partial charge >= 0.3 is 11.9 Å². The van der Waals surface area contributed by atoms with Gasteiger partial charge in [-0.15, -0.1) is 0 Å². The first-order valence-corrected chi connectivity index (χ1v) is 13.3. The van der Waals surface area contributed by atoms with Crippen LogP contribution in [0.2, 0.25) is 0 Å². The molecule has 2 unspecified atom stereocenters. The summed E-state index contributed by atoms with van der Waals surface area (Å²) in [6.45, 7) is 8.36. The lowest BCUT2D eigenvalue weighted by Crippen LogP contribution is -2.63. The monoisotopic (exact) mass is 456 g/mol. The minimum Gasteiger partial charge on any atom is -0.455 e. The van der Waals surface area contributed by atoms with Crippen molar-refractivity contribution >= 4 is 11.9 Å². The SMILES string of the molecule is C=C(C)C(=O)OC1(C)C2CC3CC1CC(C(=O)OCOCC14CC5CC(CC(C5)C1)C4)(C3)C2. The van der Waals surface area contributed by atoms with Gasteiger partial charge in [0.2, 0.25) is 0 Å². The second-order valence-electron chi connectivity index (χ2n) is 13.3. The predicted molar refractivity (Wildman–Crippen MR) is 123 cm³/mol. The molecule has 182 valence electrons. The predicted octanol–water partition coefficient (Wildman–Crippen LogP) is 5.42. The Morgan fingerprint density at radius 3 is 1.94 bits per heavy atom. The van der Waals surface area contributed by atoms with Gasteiger partial charge in [-0.05, 0) is 114 Å². The molecule has 0 aromatic heterocycles. The van der Waals surface area contributed by atoms with Gasteiger partial charge in [0, 0.05) is 17.4 Å². The van der Waals surface area contributed by atoms with Crippen LogP contribution in [-0.2, 0) is 23.8 Å². The molecule has 0 amide bonds. The second kappa shape index (κ2) is 7.57. The fourth-order valence-electron chi connectivity index (χ4n) is 9.86. The number of rotatable bonds is 7. The van der Waals surface area contributed by atoms with Crippen molar-refractivity contribution in [1.29, 1.82) is 0 Å². The van der Waals surface area contributed by atoms with Crippen molar-refractivity contribution < 1.29 is 23.8 Å². The van der Waals surface area contributed by atoms with Crippen LogP contribution < -0.4 is 0 Å². The highest BCUT2D eigenvalue weighted by molar-refractivity contribution is 5.87. The Kier molecular flexibility index (Phi) is 5.07. The molecule has 8 bridgehead atoms. The van der Waals surface area contributed by atoms with E-state index in [1.165, 1.54) is 38.5 Å². The van der Waals surface area contributed by atoms with Crippen molar-refractivity contribution in [2.45, 2.75) is 90.1 Å². The summed E-state index contributed by atoms with van der Waals surface area (Å²) in [7, 11) is 0. The van der Waals surface area contributed by atoms with Gasteiger partial charge in [0.25, 0.3) is 0 Å². The van der Waals surface area contributed by atoms with Crippen LogP contribution in [0.4, 0.5) is 0 Å². The third kappa shape index (κ3) is 3.59. The van der Waals surface area contributed by atoms with E-state index in [0.29, 0.717) is 16.9 Å². The standard InChI is InChI=1S/C28H40O5/c1-17(2)24(29)33-26(3)22-7-21-8-23(26)14-28(12-21,13-22)25(30)32-16-31-15-27-9-18-4-19(10-27)6-20(5-18)11-27/h18-23H,1,4-16H2,2-3H3. The summed E-state index contributed by atoms with van der Waals surface area (Å²) in [5, 5.41) is 0. The van der Waals surface area contributed by atoms with Crippen LogP contribution in [0.5, 0.6) is 0 Å². The summed E-state index contributed by atoms with van der Waals surface area (Å²) in [5.41, 5.74) is -0.131. The molecule has 0 aromatic carbocycles. The molecule has 5 heteroatoms. The lowest BCUT2D eigenvalue weighted by atomic mass is 9.45. The number of hydrogen-bond donors (Lipinski definition) is 0. The molecule has 5 nitrogen and oxygen atoms in total. The number of ether oxygens (including phenoxy) is 3. The minimum absolute atomic E-state index is 0.0827. The number of esters is 2. The van der Waals surface area contributed by atoms with Crippen molar-refractivity contribution in [1.82, 2.24) is 0 Å². The molecule has 8 aliphatic carbocycles. The smallest absolute Gasteiger partial charge is 0.333 e. The maximum Gasteiger partial charge on any atom is 0.333 e. The molecule has 8 rings (SSSR count). The molecule has 8 fully saturated rings. The van der Waals surface area contributed by atoms with E-state index in [1.54, 1.807) is 6.92 Å².